The van der Waals surface area contributed by atoms with Crippen molar-refractivity contribution in [3.05, 3.63) is 32.7 Å². The maximum atomic E-state index is 12.1. The Morgan fingerprint density at radius 2 is 2.00 bits per heavy atom. The third kappa shape index (κ3) is 3.57. The number of rotatable bonds is 3. The van der Waals surface area contributed by atoms with Gasteiger partial charge in [0.15, 0.2) is 0 Å². The van der Waals surface area contributed by atoms with Gasteiger partial charge in [-0.2, -0.15) is 0 Å². The molecular weight excluding hydrogens is 378 g/mol. The average molecular weight is 391 g/mol. The molecule has 0 saturated heterocycles. The van der Waals surface area contributed by atoms with E-state index in [4.69, 9.17) is 5.11 Å². The fourth-order valence-corrected chi connectivity index (χ4v) is 3.50. The van der Waals surface area contributed by atoms with Crippen molar-refractivity contribution in [1.82, 2.24) is 5.32 Å². The van der Waals surface area contributed by atoms with Crippen LogP contribution in [0.25, 0.3) is 0 Å². The summed E-state index contributed by atoms with van der Waals surface area (Å²) in [5.41, 5.74) is 0.557. The summed E-state index contributed by atoms with van der Waals surface area (Å²) in [4.78, 5) is 23.0. The molecule has 1 amide bonds. The van der Waals surface area contributed by atoms with Crippen molar-refractivity contribution in [2.24, 2.45) is 5.92 Å². The third-order valence-electron chi connectivity index (χ3n) is 3.29. The number of amides is 1. The van der Waals surface area contributed by atoms with Gasteiger partial charge in [0, 0.05) is 15.0 Å². The Morgan fingerprint density at radius 1 is 1.26 bits per heavy atom. The van der Waals surface area contributed by atoms with Gasteiger partial charge in [0.25, 0.3) is 5.91 Å². The van der Waals surface area contributed by atoms with E-state index in [9.17, 15) is 9.59 Å². The van der Waals surface area contributed by atoms with Gasteiger partial charge in [-0.25, -0.2) is 0 Å². The lowest BCUT2D eigenvalue weighted by atomic mass is 10.1. The number of carbonyl (C=O) groups is 2. The van der Waals surface area contributed by atoms with Crippen LogP contribution in [-0.2, 0) is 4.79 Å². The van der Waals surface area contributed by atoms with Crippen LogP contribution in [0, 0.1) is 5.92 Å². The van der Waals surface area contributed by atoms with E-state index in [0.29, 0.717) is 22.9 Å². The monoisotopic (exact) mass is 389 g/mol. The van der Waals surface area contributed by atoms with Crippen LogP contribution in [-0.4, -0.2) is 23.0 Å². The highest BCUT2D eigenvalue weighted by atomic mass is 79.9. The minimum atomic E-state index is -0.776. The molecule has 0 unspecified atom stereocenters. The van der Waals surface area contributed by atoms with Crippen molar-refractivity contribution in [3.63, 3.8) is 0 Å². The number of carbonyl (C=O) groups excluding carboxylic acids is 1. The number of carboxylic acid groups (broad SMARTS) is 1. The number of hydrogen-bond donors (Lipinski definition) is 2. The van der Waals surface area contributed by atoms with Crippen molar-refractivity contribution in [3.8, 4) is 0 Å². The Morgan fingerprint density at radius 3 is 2.58 bits per heavy atom. The Labute approximate surface area is 127 Å². The van der Waals surface area contributed by atoms with Crippen LogP contribution in [0.1, 0.15) is 29.6 Å². The predicted octanol–water partition coefficient (Wildman–Crippen LogP) is 3.19. The molecule has 2 rings (SSSR count). The number of nitrogens with one attached hydrogen (secondary N) is 1. The highest BCUT2D eigenvalue weighted by Crippen LogP contribution is 2.27. The molecule has 19 heavy (non-hydrogen) atoms. The SMILES string of the molecule is O=C(N[C@H]1CC[C@@H](C(=O)O)C1)c1ccc(Br)cc1Br. The minimum Gasteiger partial charge on any atom is -0.481 e. The average Bonchev–Trinajstić information content (AvgIpc) is 2.77. The van der Waals surface area contributed by atoms with Crippen molar-refractivity contribution >= 4 is 43.7 Å². The molecule has 2 atom stereocenters. The maximum Gasteiger partial charge on any atom is 0.306 e. The van der Waals surface area contributed by atoms with Crippen molar-refractivity contribution in [1.29, 1.82) is 0 Å². The highest BCUT2D eigenvalue weighted by Gasteiger charge is 2.30. The summed E-state index contributed by atoms with van der Waals surface area (Å²) in [5, 5.41) is 11.8. The molecule has 0 spiro atoms. The molecule has 1 aromatic carbocycles. The quantitative estimate of drug-likeness (QED) is 0.832. The van der Waals surface area contributed by atoms with Crippen LogP contribution >= 0.6 is 31.9 Å². The van der Waals surface area contributed by atoms with Crippen LogP contribution in [0.5, 0.6) is 0 Å². The van der Waals surface area contributed by atoms with E-state index in [0.717, 1.165) is 10.9 Å². The first-order valence-electron chi connectivity index (χ1n) is 5.96. The third-order valence-corrected chi connectivity index (χ3v) is 4.44. The molecule has 102 valence electrons. The van der Waals surface area contributed by atoms with Gasteiger partial charge in [0.1, 0.15) is 0 Å². The summed E-state index contributed by atoms with van der Waals surface area (Å²) in [6.45, 7) is 0. The zero-order chi connectivity index (χ0) is 14.0. The van der Waals surface area contributed by atoms with Gasteiger partial charge in [0.2, 0.25) is 0 Å². The van der Waals surface area contributed by atoms with Gasteiger partial charge in [-0.3, -0.25) is 9.59 Å². The Hall–Kier alpha value is -0.880. The summed E-state index contributed by atoms with van der Waals surface area (Å²) in [6, 6.07) is 5.29. The van der Waals surface area contributed by atoms with Crippen LogP contribution in [0.15, 0.2) is 27.1 Å². The maximum absolute atomic E-state index is 12.1. The second-order valence-corrected chi connectivity index (χ2v) is 6.41. The summed E-state index contributed by atoms with van der Waals surface area (Å²) < 4.78 is 1.61. The Balaban J connectivity index is 2.00. The second-order valence-electron chi connectivity index (χ2n) is 4.64. The van der Waals surface area contributed by atoms with Gasteiger partial charge in [-0.1, -0.05) is 15.9 Å². The Bertz CT molecular complexity index is 519. The highest BCUT2D eigenvalue weighted by molar-refractivity contribution is 9.11. The van der Waals surface area contributed by atoms with Crippen LogP contribution < -0.4 is 5.32 Å². The van der Waals surface area contributed by atoms with Crippen LogP contribution in [0.2, 0.25) is 0 Å². The molecule has 1 aliphatic carbocycles. The molecule has 0 aliphatic heterocycles. The number of hydrogen-bond acceptors (Lipinski definition) is 2. The molecule has 1 saturated carbocycles. The fourth-order valence-electron chi connectivity index (χ4n) is 2.27. The Kier molecular flexibility index (Phi) is 4.62. The lowest BCUT2D eigenvalue weighted by Crippen LogP contribution is -2.33. The van der Waals surface area contributed by atoms with E-state index in [-0.39, 0.29) is 17.9 Å². The molecule has 1 fully saturated rings. The predicted molar refractivity (Wildman–Crippen MR) is 78.1 cm³/mol. The van der Waals surface area contributed by atoms with Gasteiger partial charge >= 0.3 is 5.97 Å². The largest absolute Gasteiger partial charge is 0.481 e. The number of carboxylic acids is 1. The van der Waals surface area contributed by atoms with Crippen molar-refractivity contribution in [2.45, 2.75) is 25.3 Å². The molecular formula is C13H13Br2NO3. The first-order chi connectivity index (χ1) is 8.97. The van der Waals surface area contributed by atoms with E-state index in [1.165, 1.54) is 0 Å². The molecule has 0 aromatic heterocycles. The molecule has 0 bridgehead atoms. The summed E-state index contributed by atoms with van der Waals surface area (Å²) in [7, 11) is 0. The molecule has 0 radical (unpaired) electrons. The summed E-state index contributed by atoms with van der Waals surface area (Å²) >= 11 is 6.68. The zero-order valence-corrected chi connectivity index (χ0v) is 13.2. The second kappa shape index (κ2) is 6.05. The molecule has 4 nitrogen and oxygen atoms in total. The van der Waals surface area contributed by atoms with Crippen molar-refractivity contribution < 1.29 is 14.7 Å². The van der Waals surface area contributed by atoms with Gasteiger partial charge < -0.3 is 10.4 Å². The van der Waals surface area contributed by atoms with Gasteiger partial charge in [-0.05, 0) is 53.4 Å². The number of benzene rings is 1. The molecule has 1 aromatic rings. The van der Waals surface area contributed by atoms with E-state index < -0.39 is 5.97 Å². The normalized spacial score (nSPS) is 22.2. The molecule has 6 heteroatoms. The van der Waals surface area contributed by atoms with E-state index in [2.05, 4.69) is 37.2 Å². The van der Waals surface area contributed by atoms with Crippen LogP contribution in [0.3, 0.4) is 0 Å². The van der Waals surface area contributed by atoms with Gasteiger partial charge in [0.05, 0.1) is 11.5 Å². The summed E-state index contributed by atoms with van der Waals surface area (Å²) in [6.07, 6.45) is 1.86. The van der Waals surface area contributed by atoms with E-state index in [1.807, 2.05) is 6.07 Å². The lowest BCUT2D eigenvalue weighted by molar-refractivity contribution is -0.141. The summed E-state index contributed by atoms with van der Waals surface area (Å²) in [5.74, 6) is -1.28. The lowest BCUT2D eigenvalue weighted by Gasteiger charge is -2.13. The van der Waals surface area contributed by atoms with Gasteiger partial charge in [-0.15, -0.1) is 0 Å². The standard InChI is InChI=1S/C13H13Br2NO3/c14-8-2-4-10(11(15)6-8)12(17)16-9-3-1-7(5-9)13(18)19/h2,4,6-7,9H,1,3,5H2,(H,16,17)(H,18,19)/t7-,9+/m1/s1. The minimum absolute atomic E-state index is 0.0517. The zero-order valence-electron chi connectivity index (χ0n) is 10.0. The van der Waals surface area contributed by atoms with Crippen LogP contribution in [0.4, 0.5) is 0 Å². The first-order valence-corrected chi connectivity index (χ1v) is 7.54. The smallest absolute Gasteiger partial charge is 0.306 e. The topological polar surface area (TPSA) is 66.4 Å². The molecule has 2 N–H and O–H groups in total. The number of halogens is 2. The first kappa shape index (κ1) is 14.5. The molecule has 0 heterocycles. The van der Waals surface area contributed by atoms with Crippen molar-refractivity contribution in [2.75, 3.05) is 0 Å². The van der Waals surface area contributed by atoms with E-state index in [1.54, 1.807) is 12.1 Å². The number of aliphatic carboxylic acids is 1. The fraction of sp³-hybridized carbons (Fsp3) is 0.385. The van der Waals surface area contributed by atoms with E-state index >= 15 is 0 Å². The molecule has 1 aliphatic rings.